The van der Waals surface area contributed by atoms with Crippen LogP contribution in [0.25, 0.3) is 22.2 Å². The standard InChI is InChI=1S/C27H27N3O2/c1-17-5-8-23(19(3)18(17)2)27(31)30-11-12-32-26-10-7-20(13-22(26)15-30)21-6-9-25-24(14-21)28-16-29(25)4/h5-10,13-14,16H,11-12,15H2,1-4H3. The molecular weight excluding hydrogens is 398 g/mol. The van der Waals surface area contributed by atoms with Crippen LogP contribution in [0, 0.1) is 20.8 Å². The molecule has 0 saturated heterocycles. The zero-order valence-electron chi connectivity index (χ0n) is 19.0. The number of rotatable bonds is 2. The maximum absolute atomic E-state index is 13.4. The maximum atomic E-state index is 13.4. The number of carbonyl (C=O) groups excluding carboxylic acids is 1. The first-order chi connectivity index (χ1) is 15.4. The van der Waals surface area contributed by atoms with Crippen molar-refractivity contribution in [2.24, 2.45) is 7.05 Å². The molecule has 162 valence electrons. The minimum atomic E-state index is 0.0577. The summed E-state index contributed by atoms with van der Waals surface area (Å²) in [6.07, 6.45) is 1.83. The van der Waals surface area contributed by atoms with Gasteiger partial charge in [0.05, 0.1) is 23.9 Å². The Kier molecular flexibility index (Phi) is 4.97. The fourth-order valence-electron chi connectivity index (χ4n) is 4.42. The van der Waals surface area contributed by atoms with Crippen LogP contribution in [0.5, 0.6) is 5.75 Å². The van der Waals surface area contributed by atoms with Gasteiger partial charge in [0.25, 0.3) is 5.91 Å². The summed E-state index contributed by atoms with van der Waals surface area (Å²) in [5, 5.41) is 0. The van der Waals surface area contributed by atoms with Crippen LogP contribution in [0.3, 0.4) is 0 Å². The number of aromatic nitrogens is 2. The van der Waals surface area contributed by atoms with Crippen LogP contribution < -0.4 is 4.74 Å². The predicted molar refractivity (Wildman–Crippen MR) is 127 cm³/mol. The van der Waals surface area contributed by atoms with E-state index >= 15 is 0 Å². The normalized spacial score (nSPS) is 13.6. The first kappa shape index (κ1) is 20.3. The lowest BCUT2D eigenvalue weighted by Gasteiger charge is -2.22. The summed E-state index contributed by atoms with van der Waals surface area (Å²) in [6.45, 7) is 7.77. The van der Waals surface area contributed by atoms with Crippen LogP contribution in [0.2, 0.25) is 0 Å². The number of amides is 1. The Bertz CT molecular complexity index is 1350. The van der Waals surface area contributed by atoms with Crippen LogP contribution >= 0.6 is 0 Å². The molecule has 1 amide bonds. The predicted octanol–water partition coefficient (Wildman–Crippen LogP) is 5.20. The lowest BCUT2D eigenvalue weighted by Crippen LogP contribution is -2.33. The highest BCUT2D eigenvalue weighted by Crippen LogP contribution is 2.31. The zero-order chi connectivity index (χ0) is 22.4. The Morgan fingerprint density at radius 1 is 0.969 bits per heavy atom. The number of fused-ring (bicyclic) bond motifs is 2. The number of hydrogen-bond acceptors (Lipinski definition) is 3. The van der Waals surface area contributed by atoms with Gasteiger partial charge in [-0.1, -0.05) is 18.2 Å². The molecule has 0 unspecified atom stereocenters. The summed E-state index contributed by atoms with van der Waals surface area (Å²) in [7, 11) is 2.00. The molecule has 32 heavy (non-hydrogen) atoms. The fourth-order valence-corrected chi connectivity index (χ4v) is 4.42. The van der Waals surface area contributed by atoms with Gasteiger partial charge in [-0.3, -0.25) is 4.79 Å². The molecule has 0 fully saturated rings. The SMILES string of the molecule is Cc1ccc(C(=O)N2CCOc3ccc(-c4ccc5c(c4)ncn5C)cc3C2)c(C)c1C. The topological polar surface area (TPSA) is 47.4 Å². The van der Waals surface area contributed by atoms with Crippen molar-refractivity contribution >= 4 is 16.9 Å². The summed E-state index contributed by atoms with van der Waals surface area (Å²) >= 11 is 0. The Balaban J connectivity index is 1.48. The number of ether oxygens (including phenoxy) is 1. The van der Waals surface area contributed by atoms with Crippen LogP contribution in [-0.4, -0.2) is 33.5 Å². The highest BCUT2D eigenvalue weighted by Gasteiger charge is 2.23. The average molecular weight is 426 g/mol. The van der Waals surface area contributed by atoms with Crippen LogP contribution in [0.1, 0.15) is 32.6 Å². The summed E-state index contributed by atoms with van der Waals surface area (Å²) < 4.78 is 8.01. The van der Waals surface area contributed by atoms with E-state index in [-0.39, 0.29) is 5.91 Å². The summed E-state index contributed by atoms with van der Waals surface area (Å²) in [4.78, 5) is 19.8. The van der Waals surface area contributed by atoms with E-state index in [2.05, 4.69) is 49.2 Å². The first-order valence-corrected chi connectivity index (χ1v) is 11.0. The molecule has 0 spiro atoms. The van der Waals surface area contributed by atoms with Crippen molar-refractivity contribution in [3.63, 3.8) is 0 Å². The highest BCUT2D eigenvalue weighted by molar-refractivity contribution is 5.96. The van der Waals surface area contributed by atoms with Crippen molar-refractivity contribution < 1.29 is 9.53 Å². The van der Waals surface area contributed by atoms with E-state index in [4.69, 9.17) is 4.74 Å². The van der Waals surface area contributed by atoms with Crippen molar-refractivity contribution in [2.45, 2.75) is 27.3 Å². The summed E-state index contributed by atoms with van der Waals surface area (Å²) in [6, 6.07) is 16.5. The van der Waals surface area contributed by atoms with Crippen molar-refractivity contribution in [3.8, 4) is 16.9 Å². The highest BCUT2D eigenvalue weighted by atomic mass is 16.5. The minimum Gasteiger partial charge on any atom is -0.491 e. The van der Waals surface area contributed by atoms with Gasteiger partial charge >= 0.3 is 0 Å². The van der Waals surface area contributed by atoms with Gasteiger partial charge in [0.15, 0.2) is 0 Å². The van der Waals surface area contributed by atoms with E-state index < -0.39 is 0 Å². The molecule has 3 aromatic carbocycles. The molecule has 0 bridgehead atoms. The first-order valence-electron chi connectivity index (χ1n) is 11.0. The van der Waals surface area contributed by atoms with Gasteiger partial charge in [-0.15, -0.1) is 0 Å². The molecule has 5 nitrogen and oxygen atoms in total. The third-order valence-corrected chi connectivity index (χ3v) is 6.67. The number of carbonyl (C=O) groups is 1. The second-order valence-electron chi connectivity index (χ2n) is 8.64. The number of hydrogen-bond donors (Lipinski definition) is 0. The molecule has 2 heterocycles. The van der Waals surface area contributed by atoms with Gasteiger partial charge in [-0.25, -0.2) is 4.98 Å². The fraction of sp³-hybridized carbons (Fsp3) is 0.259. The van der Waals surface area contributed by atoms with Gasteiger partial charge in [0.2, 0.25) is 0 Å². The molecule has 0 saturated carbocycles. The average Bonchev–Trinajstić information content (AvgIpc) is 3.03. The molecule has 1 aliphatic rings. The second kappa shape index (κ2) is 7.83. The maximum Gasteiger partial charge on any atom is 0.254 e. The van der Waals surface area contributed by atoms with E-state index in [0.717, 1.165) is 44.6 Å². The molecule has 0 atom stereocenters. The van der Waals surface area contributed by atoms with E-state index in [1.807, 2.05) is 48.0 Å². The van der Waals surface area contributed by atoms with E-state index in [1.54, 1.807) is 0 Å². The van der Waals surface area contributed by atoms with E-state index in [9.17, 15) is 4.79 Å². The zero-order valence-corrected chi connectivity index (χ0v) is 19.0. The number of imidazole rings is 1. The number of nitrogens with zero attached hydrogens (tertiary/aromatic N) is 3. The lowest BCUT2D eigenvalue weighted by atomic mass is 9.97. The molecule has 5 rings (SSSR count). The van der Waals surface area contributed by atoms with Crippen LogP contribution in [-0.2, 0) is 13.6 Å². The van der Waals surface area contributed by atoms with Gasteiger partial charge in [0.1, 0.15) is 12.4 Å². The van der Waals surface area contributed by atoms with Gasteiger partial charge < -0.3 is 14.2 Å². The molecule has 0 N–H and O–H groups in total. The van der Waals surface area contributed by atoms with Crippen molar-refractivity contribution in [2.75, 3.05) is 13.2 Å². The summed E-state index contributed by atoms with van der Waals surface area (Å²) in [5.41, 5.74) is 9.50. The summed E-state index contributed by atoms with van der Waals surface area (Å²) in [5.74, 6) is 0.905. The monoisotopic (exact) mass is 425 g/mol. The molecular formula is C27H27N3O2. The van der Waals surface area contributed by atoms with Gasteiger partial charge in [-0.2, -0.15) is 0 Å². The van der Waals surface area contributed by atoms with Gasteiger partial charge in [-0.05, 0) is 78.9 Å². The third-order valence-electron chi connectivity index (χ3n) is 6.67. The van der Waals surface area contributed by atoms with Crippen molar-refractivity contribution in [1.29, 1.82) is 0 Å². The smallest absolute Gasteiger partial charge is 0.254 e. The third kappa shape index (κ3) is 3.44. The second-order valence-corrected chi connectivity index (χ2v) is 8.64. The molecule has 0 radical (unpaired) electrons. The van der Waals surface area contributed by atoms with Crippen molar-refractivity contribution in [3.05, 3.63) is 82.7 Å². The van der Waals surface area contributed by atoms with E-state index in [0.29, 0.717) is 19.7 Å². The lowest BCUT2D eigenvalue weighted by molar-refractivity contribution is 0.0732. The minimum absolute atomic E-state index is 0.0577. The Morgan fingerprint density at radius 2 is 1.75 bits per heavy atom. The molecule has 1 aromatic heterocycles. The molecule has 5 heteroatoms. The Labute approximate surface area is 188 Å². The largest absolute Gasteiger partial charge is 0.491 e. The Morgan fingerprint density at radius 3 is 2.59 bits per heavy atom. The molecule has 1 aliphatic heterocycles. The van der Waals surface area contributed by atoms with Crippen molar-refractivity contribution in [1.82, 2.24) is 14.5 Å². The number of aryl methyl sites for hydroxylation is 2. The quantitative estimate of drug-likeness (QED) is 0.443. The molecule has 0 aliphatic carbocycles. The number of benzene rings is 3. The van der Waals surface area contributed by atoms with E-state index in [1.165, 1.54) is 11.1 Å². The Hall–Kier alpha value is -3.60. The van der Waals surface area contributed by atoms with Gasteiger partial charge in [0, 0.05) is 24.7 Å². The van der Waals surface area contributed by atoms with Crippen LogP contribution in [0.15, 0.2) is 54.9 Å². The molecule has 4 aromatic rings. The van der Waals surface area contributed by atoms with Crippen LogP contribution in [0.4, 0.5) is 0 Å².